The van der Waals surface area contributed by atoms with Crippen LogP contribution in [0.2, 0.25) is 0 Å². The van der Waals surface area contributed by atoms with Gasteiger partial charge in [0.15, 0.2) is 5.78 Å². The summed E-state index contributed by atoms with van der Waals surface area (Å²) >= 11 is 0. The van der Waals surface area contributed by atoms with Gasteiger partial charge in [0.25, 0.3) is 0 Å². The van der Waals surface area contributed by atoms with Crippen LogP contribution in [0, 0.1) is 0 Å². The van der Waals surface area contributed by atoms with Crippen molar-refractivity contribution in [2.24, 2.45) is 5.14 Å². The minimum absolute atomic E-state index is 0.0876. The van der Waals surface area contributed by atoms with Crippen molar-refractivity contribution in [1.82, 2.24) is 0 Å². The van der Waals surface area contributed by atoms with Gasteiger partial charge in [-0.05, 0) is 30.7 Å². The van der Waals surface area contributed by atoms with E-state index in [1.807, 2.05) is 4.90 Å². The van der Waals surface area contributed by atoms with E-state index in [0.717, 1.165) is 18.7 Å². The molecule has 6 heteroatoms. The minimum Gasteiger partial charge on any atom is -0.364 e. The normalized spacial score (nSPS) is 17.2. The molecular formula is C11H14N2O3S. The van der Waals surface area contributed by atoms with Gasteiger partial charge in [-0.3, -0.25) is 4.79 Å². The van der Waals surface area contributed by atoms with Crippen LogP contribution < -0.4 is 10.0 Å². The molecule has 5 nitrogen and oxygen atoms in total. The standard InChI is InChI=1S/C11H14N2O3S/c12-17(15,16)11-5-3-9(4-6-11)13-7-1-2-10(14)8-13/h3-6H,1-2,7-8H2,(H2,12,15,16). The summed E-state index contributed by atoms with van der Waals surface area (Å²) in [5.41, 5.74) is 0.852. The van der Waals surface area contributed by atoms with Gasteiger partial charge >= 0.3 is 0 Å². The van der Waals surface area contributed by atoms with Crippen LogP contribution in [0.1, 0.15) is 12.8 Å². The third kappa shape index (κ3) is 2.83. The molecule has 1 aromatic carbocycles. The predicted octanol–water partition coefficient (Wildman–Crippen LogP) is 0.503. The first-order valence-electron chi connectivity index (χ1n) is 5.36. The second kappa shape index (κ2) is 4.46. The third-order valence-corrected chi connectivity index (χ3v) is 3.71. The first kappa shape index (κ1) is 12.1. The number of benzene rings is 1. The van der Waals surface area contributed by atoms with Crippen molar-refractivity contribution in [3.63, 3.8) is 0 Å². The van der Waals surface area contributed by atoms with Crippen LogP contribution in [0.15, 0.2) is 29.2 Å². The molecule has 0 aliphatic carbocycles. The topological polar surface area (TPSA) is 80.5 Å². The largest absolute Gasteiger partial charge is 0.364 e. The molecule has 1 aliphatic heterocycles. The maximum atomic E-state index is 11.3. The number of sulfonamides is 1. The summed E-state index contributed by atoms with van der Waals surface area (Å²) in [5.74, 6) is 0.215. The van der Waals surface area contributed by atoms with Crippen molar-refractivity contribution in [3.8, 4) is 0 Å². The maximum absolute atomic E-state index is 11.3. The summed E-state index contributed by atoms with van der Waals surface area (Å²) in [6, 6.07) is 6.28. The molecule has 2 N–H and O–H groups in total. The molecule has 0 aromatic heterocycles. The number of carbonyl (C=O) groups is 1. The van der Waals surface area contributed by atoms with Crippen LogP contribution in [0.4, 0.5) is 5.69 Å². The van der Waals surface area contributed by atoms with E-state index in [1.165, 1.54) is 12.1 Å². The number of ketones is 1. The summed E-state index contributed by atoms with van der Waals surface area (Å²) in [7, 11) is -3.65. The zero-order valence-corrected chi connectivity index (χ0v) is 10.1. The summed E-state index contributed by atoms with van der Waals surface area (Å²) in [5, 5.41) is 5.01. The number of hydrogen-bond donors (Lipinski definition) is 1. The molecule has 1 fully saturated rings. The Kier molecular flexibility index (Phi) is 3.17. The van der Waals surface area contributed by atoms with E-state index in [0.29, 0.717) is 13.0 Å². The molecular weight excluding hydrogens is 240 g/mol. The number of piperidine rings is 1. The molecule has 0 unspecified atom stereocenters. The van der Waals surface area contributed by atoms with Crippen molar-refractivity contribution in [2.75, 3.05) is 18.0 Å². The lowest BCUT2D eigenvalue weighted by Crippen LogP contribution is -2.35. The number of rotatable bonds is 2. The Morgan fingerprint density at radius 1 is 1.18 bits per heavy atom. The summed E-state index contributed by atoms with van der Waals surface area (Å²) in [4.78, 5) is 13.3. The van der Waals surface area contributed by atoms with Crippen molar-refractivity contribution < 1.29 is 13.2 Å². The second-order valence-corrected chi connectivity index (χ2v) is 5.66. The zero-order chi connectivity index (χ0) is 12.5. The summed E-state index contributed by atoms with van der Waals surface area (Å²) in [6.07, 6.45) is 1.47. The van der Waals surface area contributed by atoms with Gasteiger partial charge in [0, 0.05) is 18.7 Å². The van der Waals surface area contributed by atoms with E-state index in [1.54, 1.807) is 12.1 Å². The molecule has 0 saturated carbocycles. The van der Waals surface area contributed by atoms with Gasteiger partial charge in [-0.15, -0.1) is 0 Å². The average Bonchev–Trinajstić information content (AvgIpc) is 2.28. The highest BCUT2D eigenvalue weighted by Gasteiger charge is 2.17. The quantitative estimate of drug-likeness (QED) is 0.833. The predicted molar refractivity (Wildman–Crippen MR) is 64.3 cm³/mol. The van der Waals surface area contributed by atoms with Gasteiger partial charge in [-0.1, -0.05) is 0 Å². The molecule has 17 heavy (non-hydrogen) atoms. The van der Waals surface area contributed by atoms with E-state index < -0.39 is 10.0 Å². The van der Waals surface area contributed by atoms with Gasteiger partial charge in [0.05, 0.1) is 11.4 Å². The van der Waals surface area contributed by atoms with Crippen molar-refractivity contribution >= 4 is 21.5 Å². The fraction of sp³-hybridized carbons (Fsp3) is 0.364. The second-order valence-electron chi connectivity index (χ2n) is 4.10. The van der Waals surface area contributed by atoms with Gasteiger partial charge < -0.3 is 4.90 Å². The molecule has 1 aliphatic rings. The van der Waals surface area contributed by atoms with Gasteiger partial charge in [0.1, 0.15) is 0 Å². The average molecular weight is 254 g/mol. The van der Waals surface area contributed by atoms with Gasteiger partial charge in [0.2, 0.25) is 10.0 Å². The maximum Gasteiger partial charge on any atom is 0.238 e. The SMILES string of the molecule is NS(=O)(=O)c1ccc(N2CCCC(=O)C2)cc1. The van der Waals surface area contributed by atoms with Crippen LogP contribution >= 0.6 is 0 Å². The van der Waals surface area contributed by atoms with Gasteiger partial charge in [-0.2, -0.15) is 0 Å². The van der Waals surface area contributed by atoms with E-state index in [9.17, 15) is 13.2 Å². The first-order valence-corrected chi connectivity index (χ1v) is 6.91. The van der Waals surface area contributed by atoms with Crippen LogP contribution in [0.5, 0.6) is 0 Å². The molecule has 0 atom stereocenters. The molecule has 0 amide bonds. The molecule has 1 heterocycles. The fourth-order valence-electron chi connectivity index (χ4n) is 1.91. The Hall–Kier alpha value is -1.40. The van der Waals surface area contributed by atoms with E-state index in [4.69, 9.17) is 5.14 Å². The summed E-state index contributed by atoms with van der Waals surface area (Å²) in [6.45, 7) is 1.22. The van der Waals surface area contributed by atoms with Crippen LogP contribution in [-0.2, 0) is 14.8 Å². The third-order valence-electron chi connectivity index (χ3n) is 2.78. The van der Waals surface area contributed by atoms with Crippen molar-refractivity contribution in [1.29, 1.82) is 0 Å². The number of carbonyl (C=O) groups excluding carboxylic acids is 1. The van der Waals surface area contributed by atoms with Gasteiger partial charge in [-0.25, -0.2) is 13.6 Å². The lowest BCUT2D eigenvalue weighted by Gasteiger charge is -2.27. The fourth-order valence-corrected chi connectivity index (χ4v) is 2.42. The Morgan fingerprint density at radius 3 is 2.35 bits per heavy atom. The van der Waals surface area contributed by atoms with Crippen molar-refractivity contribution in [3.05, 3.63) is 24.3 Å². The molecule has 2 rings (SSSR count). The number of nitrogens with zero attached hydrogens (tertiary/aromatic N) is 1. The Bertz CT molecular complexity index is 522. The molecule has 1 aromatic rings. The van der Waals surface area contributed by atoms with E-state index >= 15 is 0 Å². The van der Waals surface area contributed by atoms with Crippen molar-refractivity contribution in [2.45, 2.75) is 17.7 Å². The monoisotopic (exact) mass is 254 g/mol. The number of primary sulfonamides is 1. The van der Waals surface area contributed by atoms with E-state index in [2.05, 4.69) is 0 Å². The zero-order valence-electron chi connectivity index (χ0n) is 9.30. The number of nitrogens with two attached hydrogens (primary N) is 1. The molecule has 0 radical (unpaired) electrons. The Labute approximate surface area is 100 Å². The van der Waals surface area contributed by atoms with Crippen LogP contribution in [0.3, 0.4) is 0 Å². The smallest absolute Gasteiger partial charge is 0.238 e. The lowest BCUT2D eigenvalue weighted by molar-refractivity contribution is -0.118. The van der Waals surface area contributed by atoms with E-state index in [-0.39, 0.29) is 10.7 Å². The number of anilines is 1. The van der Waals surface area contributed by atoms with Crippen LogP contribution in [-0.4, -0.2) is 27.3 Å². The highest BCUT2D eigenvalue weighted by Crippen LogP contribution is 2.20. The molecule has 0 spiro atoms. The molecule has 1 saturated heterocycles. The molecule has 0 bridgehead atoms. The number of hydrogen-bond acceptors (Lipinski definition) is 4. The first-order chi connectivity index (χ1) is 7.97. The minimum atomic E-state index is -3.65. The highest BCUT2D eigenvalue weighted by atomic mass is 32.2. The Morgan fingerprint density at radius 2 is 1.82 bits per heavy atom. The Balaban J connectivity index is 2.20. The lowest BCUT2D eigenvalue weighted by atomic mass is 10.1. The molecule has 92 valence electrons. The number of Topliss-reactive ketones (excluding diaryl/α,β-unsaturated/α-hetero) is 1. The summed E-state index contributed by atoms with van der Waals surface area (Å²) < 4.78 is 22.2. The van der Waals surface area contributed by atoms with Crippen LogP contribution in [0.25, 0.3) is 0 Å². The highest BCUT2D eigenvalue weighted by molar-refractivity contribution is 7.89.